The minimum atomic E-state index is -2.10. The average Bonchev–Trinajstić information content (AvgIpc) is 2.96. The molecule has 0 unspecified atom stereocenters. The molecule has 0 radical (unpaired) electrons. The van der Waals surface area contributed by atoms with E-state index in [1.807, 2.05) is 0 Å². The fourth-order valence-corrected chi connectivity index (χ4v) is 4.54. The Morgan fingerprint density at radius 1 is 1.22 bits per heavy atom. The Morgan fingerprint density at radius 2 is 1.97 bits per heavy atom. The van der Waals surface area contributed by atoms with Crippen molar-refractivity contribution < 1.29 is 27.9 Å². The highest BCUT2D eigenvalue weighted by atomic mass is 19.1. The molecule has 8 nitrogen and oxygen atoms in total. The highest BCUT2D eigenvalue weighted by Crippen LogP contribution is 2.55. The van der Waals surface area contributed by atoms with Crippen LogP contribution in [0.5, 0.6) is 5.75 Å². The van der Waals surface area contributed by atoms with Crippen LogP contribution in [0.4, 0.5) is 10.1 Å². The number of hydrogen-bond acceptors (Lipinski definition) is 7. The van der Waals surface area contributed by atoms with Crippen molar-refractivity contribution in [1.29, 1.82) is 0 Å². The number of carbonyl (C=O) groups is 2. The Labute approximate surface area is 180 Å². The molecule has 0 saturated heterocycles. The number of amides is 1. The lowest BCUT2D eigenvalue weighted by molar-refractivity contribution is -0.140. The Balaban J connectivity index is 2.00. The lowest BCUT2D eigenvalue weighted by Crippen LogP contribution is -2.50. The van der Waals surface area contributed by atoms with Gasteiger partial charge in [0.25, 0.3) is 0 Å². The van der Waals surface area contributed by atoms with E-state index in [1.54, 1.807) is 31.2 Å². The van der Waals surface area contributed by atoms with Gasteiger partial charge in [-0.2, -0.15) is 0 Å². The van der Waals surface area contributed by atoms with Gasteiger partial charge in [0.15, 0.2) is 5.75 Å². The van der Waals surface area contributed by atoms with Crippen LogP contribution in [0.3, 0.4) is 0 Å². The molecule has 0 bridgehead atoms. The molecule has 162 valence electrons. The van der Waals surface area contributed by atoms with Crippen molar-refractivity contribution in [3.8, 4) is 5.75 Å². The van der Waals surface area contributed by atoms with Gasteiger partial charge in [-0.25, -0.2) is 14.0 Å². The van der Waals surface area contributed by atoms with E-state index in [9.17, 15) is 18.8 Å². The van der Waals surface area contributed by atoms with E-state index >= 15 is 0 Å². The molecule has 0 fully saturated rings. The third-order valence-electron chi connectivity index (χ3n) is 5.80. The van der Waals surface area contributed by atoms with Crippen LogP contribution in [0, 0.1) is 5.82 Å². The fraction of sp³-hybridized carbons (Fsp3) is 0.174. The quantitative estimate of drug-likeness (QED) is 0.485. The second-order valence-corrected chi connectivity index (χ2v) is 7.43. The topological polar surface area (TPSA) is 112 Å². The number of carbonyl (C=O) groups excluding carboxylic acids is 2. The predicted molar refractivity (Wildman–Crippen MR) is 112 cm³/mol. The third kappa shape index (κ3) is 2.33. The molecule has 2 N–H and O–H groups in total. The molecule has 5 rings (SSSR count). The van der Waals surface area contributed by atoms with E-state index in [4.69, 9.17) is 19.6 Å². The molecule has 1 amide bonds. The molecule has 1 atom stereocenters. The first kappa shape index (κ1) is 19.8. The maximum atomic E-state index is 14.4. The van der Waals surface area contributed by atoms with Crippen molar-refractivity contribution in [1.82, 2.24) is 0 Å². The zero-order chi connectivity index (χ0) is 22.8. The predicted octanol–water partition coefficient (Wildman–Crippen LogP) is 2.32. The zero-order valence-corrected chi connectivity index (χ0v) is 17.1. The Hall–Kier alpha value is -4.14. The summed E-state index contributed by atoms with van der Waals surface area (Å²) in [6.45, 7) is 1.56. The van der Waals surface area contributed by atoms with Gasteiger partial charge < -0.3 is 24.5 Å². The molecular weight excluding hydrogens is 419 g/mol. The molecule has 2 aromatic carbocycles. The van der Waals surface area contributed by atoms with E-state index < -0.39 is 40.2 Å². The number of anilines is 1. The van der Waals surface area contributed by atoms with E-state index in [2.05, 4.69) is 0 Å². The van der Waals surface area contributed by atoms with Crippen LogP contribution < -0.4 is 21.0 Å². The molecule has 2 aliphatic rings. The van der Waals surface area contributed by atoms with Crippen LogP contribution in [-0.4, -0.2) is 25.5 Å². The van der Waals surface area contributed by atoms with E-state index in [1.165, 1.54) is 24.1 Å². The summed E-state index contributed by atoms with van der Waals surface area (Å²) in [6.07, 6.45) is 0. The van der Waals surface area contributed by atoms with Gasteiger partial charge in [-0.15, -0.1) is 0 Å². The molecule has 0 saturated carbocycles. The highest BCUT2D eigenvalue weighted by molar-refractivity contribution is 6.18. The van der Waals surface area contributed by atoms with Crippen molar-refractivity contribution in [3.05, 3.63) is 81.3 Å². The summed E-state index contributed by atoms with van der Waals surface area (Å²) in [5.74, 6) is -2.74. The Morgan fingerprint density at radius 3 is 2.72 bits per heavy atom. The van der Waals surface area contributed by atoms with Crippen LogP contribution in [0.1, 0.15) is 18.1 Å². The minimum Gasteiger partial charge on any atom is -0.462 e. The summed E-state index contributed by atoms with van der Waals surface area (Å²) in [7, 11) is 1.46. The number of nitrogens with zero attached hydrogens (tertiary/aromatic N) is 1. The van der Waals surface area contributed by atoms with Crippen molar-refractivity contribution in [2.75, 3.05) is 18.6 Å². The first-order valence-corrected chi connectivity index (χ1v) is 9.82. The number of fused-ring (bicyclic) bond motifs is 6. The number of rotatable bonds is 2. The Bertz CT molecular complexity index is 1430. The van der Waals surface area contributed by atoms with Gasteiger partial charge >= 0.3 is 11.6 Å². The number of benzene rings is 2. The number of ether oxygens (including phenoxy) is 2. The second-order valence-electron chi connectivity index (χ2n) is 7.43. The van der Waals surface area contributed by atoms with Crippen molar-refractivity contribution in [3.63, 3.8) is 0 Å². The monoisotopic (exact) mass is 436 g/mol. The van der Waals surface area contributed by atoms with Gasteiger partial charge in [0.1, 0.15) is 28.0 Å². The highest BCUT2D eigenvalue weighted by Gasteiger charge is 2.62. The van der Waals surface area contributed by atoms with Crippen molar-refractivity contribution in [2.24, 2.45) is 5.73 Å². The second kappa shape index (κ2) is 6.68. The lowest BCUT2D eigenvalue weighted by Gasteiger charge is -2.34. The Kier molecular flexibility index (Phi) is 4.13. The van der Waals surface area contributed by atoms with Gasteiger partial charge in [0.05, 0.1) is 12.0 Å². The SMILES string of the molecule is CCOC(=O)C1=C(N)Oc2c(c(=O)oc3ccccc23)[C@@]12C(=O)N(C)c1ccc(F)cc12. The number of likely N-dealkylation sites (N-methyl/N-ethyl adjacent to an activating group) is 1. The molecule has 1 aromatic heterocycles. The van der Waals surface area contributed by atoms with Crippen molar-refractivity contribution in [2.45, 2.75) is 12.3 Å². The van der Waals surface area contributed by atoms with Crippen molar-refractivity contribution >= 4 is 28.5 Å². The largest absolute Gasteiger partial charge is 0.462 e. The zero-order valence-electron chi connectivity index (χ0n) is 17.1. The summed E-state index contributed by atoms with van der Waals surface area (Å²) in [5, 5.41) is 0.368. The average molecular weight is 436 g/mol. The van der Waals surface area contributed by atoms with Gasteiger partial charge in [-0.05, 0) is 37.3 Å². The molecule has 1 spiro atoms. The van der Waals surface area contributed by atoms with Crippen LogP contribution in [0.2, 0.25) is 0 Å². The lowest BCUT2D eigenvalue weighted by atomic mass is 9.68. The molecule has 2 aliphatic heterocycles. The maximum absolute atomic E-state index is 14.4. The van der Waals surface area contributed by atoms with Gasteiger partial charge in [0, 0.05) is 18.3 Å². The summed E-state index contributed by atoms with van der Waals surface area (Å²) in [4.78, 5) is 41.4. The first-order chi connectivity index (χ1) is 15.3. The van der Waals surface area contributed by atoms with Crippen LogP contribution in [0.25, 0.3) is 11.0 Å². The van der Waals surface area contributed by atoms with E-state index in [0.29, 0.717) is 11.1 Å². The standard InChI is InChI=1S/C23H17FN2O6/c1-3-30-20(27)17-19(25)32-18-12-6-4-5-7-15(12)31-21(28)16(18)23(17)13-10-11(24)8-9-14(13)26(2)22(23)29/h4-10H,3,25H2,1-2H3/t23-/m1/s1. The number of esters is 1. The van der Waals surface area contributed by atoms with Crippen LogP contribution >= 0.6 is 0 Å². The summed E-state index contributed by atoms with van der Waals surface area (Å²) >= 11 is 0. The first-order valence-electron chi connectivity index (χ1n) is 9.82. The van der Waals surface area contributed by atoms with E-state index in [0.717, 1.165) is 6.07 Å². The van der Waals surface area contributed by atoms with Gasteiger partial charge in [-0.3, -0.25) is 4.79 Å². The maximum Gasteiger partial charge on any atom is 0.345 e. The summed E-state index contributed by atoms with van der Waals surface area (Å²) in [6, 6.07) is 10.2. The molecule has 0 aliphatic carbocycles. The van der Waals surface area contributed by atoms with Crippen LogP contribution in [-0.2, 0) is 19.7 Å². The third-order valence-corrected chi connectivity index (χ3v) is 5.80. The number of nitrogens with two attached hydrogens (primary N) is 1. The van der Waals surface area contributed by atoms with E-state index in [-0.39, 0.29) is 29.1 Å². The van der Waals surface area contributed by atoms with Gasteiger partial charge in [-0.1, -0.05) is 12.1 Å². The van der Waals surface area contributed by atoms with Crippen LogP contribution in [0.15, 0.2) is 63.1 Å². The molecule has 32 heavy (non-hydrogen) atoms. The number of halogens is 1. The minimum absolute atomic E-state index is 0.0229. The smallest absolute Gasteiger partial charge is 0.345 e. The molecule has 3 heterocycles. The fourth-order valence-electron chi connectivity index (χ4n) is 4.54. The normalized spacial score (nSPS) is 19.2. The number of para-hydroxylation sites is 1. The molecular formula is C23H17FN2O6. The summed E-state index contributed by atoms with van der Waals surface area (Å²) in [5.41, 5.74) is 3.12. The van der Waals surface area contributed by atoms with Gasteiger partial charge in [0.2, 0.25) is 11.8 Å². The molecule has 3 aromatic rings. The number of hydrogen-bond donors (Lipinski definition) is 1. The summed E-state index contributed by atoms with van der Waals surface area (Å²) < 4.78 is 30.8. The molecule has 9 heteroatoms.